The molecule has 3 aromatic rings. The Morgan fingerprint density at radius 2 is 2.16 bits per heavy atom. The first kappa shape index (κ1) is 12.6. The Hall–Kier alpha value is -1.46. The number of aromatic amines is 1. The van der Waals surface area contributed by atoms with Crippen LogP contribution in [-0.4, -0.2) is 9.55 Å². The topological polar surface area (TPSA) is 37.8 Å². The molecule has 19 heavy (non-hydrogen) atoms. The number of hydrogen-bond acceptors (Lipinski definition) is 3. The highest BCUT2D eigenvalue weighted by Gasteiger charge is 2.14. The van der Waals surface area contributed by atoms with Crippen LogP contribution < -0.4 is 5.56 Å². The highest BCUT2D eigenvalue weighted by molar-refractivity contribution is 7.71. The Morgan fingerprint density at radius 1 is 1.42 bits per heavy atom. The molecule has 3 nitrogen and oxygen atoms in total. The van der Waals surface area contributed by atoms with Gasteiger partial charge in [0, 0.05) is 16.1 Å². The van der Waals surface area contributed by atoms with E-state index in [1.807, 2.05) is 31.2 Å². The van der Waals surface area contributed by atoms with Gasteiger partial charge in [-0.05, 0) is 31.6 Å². The predicted molar refractivity (Wildman–Crippen MR) is 83.8 cm³/mol. The van der Waals surface area contributed by atoms with Gasteiger partial charge in [0.15, 0.2) is 4.77 Å². The van der Waals surface area contributed by atoms with Crippen molar-refractivity contribution in [3.8, 4) is 0 Å². The third kappa shape index (κ3) is 1.84. The van der Waals surface area contributed by atoms with Crippen LogP contribution in [0.5, 0.6) is 0 Å². The summed E-state index contributed by atoms with van der Waals surface area (Å²) in [6.07, 6.45) is 0.883. The van der Waals surface area contributed by atoms with Crippen LogP contribution in [0.3, 0.4) is 0 Å². The van der Waals surface area contributed by atoms with Gasteiger partial charge in [0.2, 0.25) is 0 Å². The number of fused-ring (bicyclic) bond motifs is 3. The van der Waals surface area contributed by atoms with E-state index < -0.39 is 0 Å². The maximum atomic E-state index is 12.6. The second-order valence-electron chi connectivity index (χ2n) is 4.66. The Labute approximate surface area is 119 Å². The van der Waals surface area contributed by atoms with E-state index in [2.05, 4.69) is 11.9 Å². The molecule has 0 amide bonds. The first-order valence-corrected chi connectivity index (χ1v) is 7.52. The molecule has 1 atom stereocenters. The van der Waals surface area contributed by atoms with E-state index >= 15 is 0 Å². The summed E-state index contributed by atoms with van der Waals surface area (Å²) in [6, 6.07) is 8.13. The standard InChI is InChI=1S/C14H14N2OS2/c1-3-8(2)16-13(17)12-11(15-14(16)18)9-6-4-5-7-10(9)19-12/h4-8H,3H2,1-2H3,(H,15,18)/t8-/m0/s1. The van der Waals surface area contributed by atoms with Gasteiger partial charge in [-0.1, -0.05) is 25.1 Å². The van der Waals surface area contributed by atoms with E-state index in [4.69, 9.17) is 12.2 Å². The molecular weight excluding hydrogens is 276 g/mol. The van der Waals surface area contributed by atoms with Gasteiger partial charge < -0.3 is 4.98 Å². The lowest BCUT2D eigenvalue weighted by molar-refractivity contribution is 0.505. The second-order valence-corrected chi connectivity index (χ2v) is 6.10. The molecule has 0 aliphatic carbocycles. The first-order chi connectivity index (χ1) is 9.13. The molecule has 0 spiro atoms. The molecule has 2 heterocycles. The minimum Gasteiger partial charge on any atom is -0.330 e. The smallest absolute Gasteiger partial charge is 0.272 e. The molecule has 0 unspecified atom stereocenters. The van der Waals surface area contributed by atoms with Crippen molar-refractivity contribution in [2.45, 2.75) is 26.3 Å². The normalized spacial score (nSPS) is 13.2. The molecule has 3 rings (SSSR count). The van der Waals surface area contributed by atoms with Crippen LogP contribution in [0.2, 0.25) is 0 Å². The largest absolute Gasteiger partial charge is 0.330 e. The minimum absolute atomic E-state index is 0.0225. The fourth-order valence-electron chi connectivity index (χ4n) is 2.27. The van der Waals surface area contributed by atoms with Gasteiger partial charge >= 0.3 is 0 Å². The van der Waals surface area contributed by atoms with Gasteiger partial charge in [-0.25, -0.2) is 0 Å². The molecule has 0 fully saturated rings. The van der Waals surface area contributed by atoms with Crippen LogP contribution in [0.25, 0.3) is 20.3 Å². The van der Waals surface area contributed by atoms with E-state index in [0.29, 0.717) is 4.77 Å². The monoisotopic (exact) mass is 290 g/mol. The van der Waals surface area contributed by atoms with Gasteiger partial charge in [0.05, 0.1) is 5.52 Å². The zero-order valence-corrected chi connectivity index (χ0v) is 12.4. The molecule has 1 N–H and O–H groups in total. The molecule has 1 aromatic carbocycles. The number of rotatable bonds is 2. The maximum Gasteiger partial charge on any atom is 0.272 e. The van der Waals surface area contributed by atoms with Crippen LogP contribution in [0.1, 0.15) is 26.3 Å². The van der Waals surface area contributed by atoms with Crippen LogP contribution >= 0.6 is 23.6 Å². The summed E-state index contributed by atoms with van der Waals surface area (Å²) in [5, 5.41) is 1.07. The average Bonchev–Trinajstić information content (AvgIpc) is 2.78. The van der Waals surface area contributed by atoms with E-state index in [-0.39, 0.29) is 11.6 Å². The van der Waals surface area contributed by atoms with E-state index in [0.717, 1.165) is 26.7 Å². The summed E-state index contributed by atoms with van der Waals surface area (Å²) >= 11 is 6.88. The number of hydrogen-bond donors (Lipinski definition) is 1. The summed E-state index contributed by atoms with van der Waals surface area (Å²) in [5.41, 5.74) is 0.893. The van der Waals surface area contributed by atoms with Gasteiger partial charge in [-0.3, -0.25) is 9.36 Å². The molecule has 0 radical (unpaired) electrons. The minimum atomic E-state index is 0.0225. The molecule has 0 bridgehead atoms. The summed E-state index contributed by atoms with van der Waals surface area (Å²) in [6.45, 7) is 4.07. The number of benzene rings is 1. The molecule has 0 saturated heterocycles. The lowest BCUT2D eigenvalue weighted by Crippen LogP contribution is -2.24. The van der Waals surface area contributed by atoms with Crippen molar-refractivity contribution in [1.29, 1.82) is 0 Å². The third-order valence-corrected chi connectivity index (χ3v) is 4.95. The molecule has 0 aliphatic rings. The molecule has 0 saturated carbocycles. The summed E-state index contributed by atoms with van der Waals surface area (Å²) in [5.74, 6) is 0. The molecule has 5 heteroatoms. The maximum absolute atomic E-state index is 12.6. The summed E-state index contributed by atoms with van der Waals surface area (Å²) in [4.78, 5) is 15.8. The van der Waals surface area contributed by atoms with Gasteiger partial charge in [0.25, 0.3) is 5.56 Å². The van der Waals surface area contributed by atoms with Gasteiger partial charge in [-0.2, -0.15) is 0 Å². The van der Waals surface area contributed by atoms with Crippen LogP contribution in [0.15, 0.2) is 29.1 Å². The summed E-state index contributed by atoms with van der Waals surface area (Å²) in [7, 11) is 0. The van der Waals surface area contributed by atoms with Gasteiger partial charge in [0.1, 0.15) is 4.70 Å². The average molecular weight is 290 g/mol. The van der Waals surface area contributed by atoms with Gasteiger partial charge in [-0.15, -0.1) is 11.3 Å². The fraction of sp³-hybridized carbons (Fsp3) is 0.286. The Balaban J connectivity index is 2.50. The number of H-pyrrole nitrogens is 1. The Morgan fingerprint density at radius 3 is 2.89 bits per heavy atom. The number of thiophene rings is 1. The van der Waals surface area contributed by atoms with Crippen molar-refractivity contribution in [3.05, 3.63) is 39.4 Å². The van der Waals surface area contributed by atoms with Crippen molar-refractivity contribution in [2.75, 3.05) is 0 Å². The van der Waals surface area contributed by atoms with E-state index in [9.17, 15) is 4.79 Å². The van der Waals surface area contributed by atoms with Crippen LogP contribution in [0, 0.1) is 4.77 Å². The number of nitrogens with zero attached hydrogens (tertiary/aromatic N) is 1. The van der Waals surface area contributed by atoms with E-state index in [1.165, 1.54) is 11.3 Å². The zero-order chi connectivity index (χ0) is 13.6. The molecular formula is C14H14N2OS2. The SMILES string of the molecule is CC[C@H](C)n1c(=S)[nH]c2c(sc3ccccc32)c1=O. The highest BCUT2D eigenvalue weighted by atomic mass is 32.1. The van der Waals surface area contributed by atoms with Crippen molar-refractivity contribution < 1.29 is 0 Å². The quantitative estimate of drug-likeness (QED) is 0.717. The third-order valence-electron chi connectivity index (χ3n) is 3.49. The fourth-order valence-corrected chi connectivity index (χ4v) is 3.73. The number of aromatic nitrogens is 2. The summed E-state index contributed by atoms with van der Waals surface area (Å²) < 4.78 is 4.07. The first-order valence-electron chi connectivity index (χ1n) is 6.29. The molecule has 2 aromatic heterocycles. The lowest BCUT2D eigenvalue weighted by Gasteiger charge is -2.12. The second kappa shape index (κ2) is 4.58. The predicted octanol–water partition coefficient (Wildman–Crippen LogP) is 4.24. The number of nitrogens with one attached hydrogen (secondary N) is 1. The lowest BCUT2D eigenvalue weighted by atomic mass is 10.2. The van der Waals surface area contributed by atoms with E-state index in [1.54, 1.807) is 4.57 Å². The highest BCUT2D eigenvalue weighted by Crippen LogP contribution is 2.30. The van der Waals surface area contributed by atoms with Crippen molar-refractivity contribution >= 4 is 43.9 Å². The van der Waals surface area contributed by atoms with Crippen molar-refractivity contribution in [3.63, 3.8) is 0 Å². The van der Waals surface area contributed by atoms with Crippen molar-refractivity contribution in [1.82, 2.24) is 9.55 Å². The van der Waals surface area contributed by atoms with Crippen molar-refractivity contribution in [2.24, 2.45) is 0 Å². The Bertz CT molecular complexity index is 872. The zero-order valence-electron chi connectivity index (χ0n) is 10.8. The van der Waals surface area contributed by atoms with Crippen LogP contribution in [-0.2, 0) is 0 Å². The molecule has 0 aliphatic heterocycles. The molecule has 98 valence electrons. The van der Waals surface area contributed by atoms with Crippen LogP contribution in [0.4, 0.5) is 0 Å². The Kier molecular flexibility index (Phi) is 3.03.